The third-order valence-electron chi connectivity index (χ3n) is 3.21. The van der Waals surface area contributed by atoms with E-state index in [9.17, 15) is 13.2 Å². The highest BCUT2D eigenvalue weighted by Gasteiger charge is 2.20. The second-order valence-corrected chi connectivity index (χ2v) is 7.93. The molecular formula is C16H16Cl2N2O3S. The van der Waals surface area contributed by atoms with Crippen LogP contribution in [0.15, 0.2) is 48.5 Å². The van der Waals surface area contributed by atoms with Crippen LogP contribution in [0.4, 0.5) is 5.69 Å². The fourth-order valence-corrected chi connectivity index (χ4v) is 3.11. The van der Waals surface area contributed by atoms with E-state index in [1.165, 1.54) is 0 Å². The molecule has 0 aliphatic rings. The van der Waals surface area contributed by atoms with Gasteiger partial charge in [0.1, 0.15) is 6.54 Å². The second-order valence-electron chi connectivity index (χ2n) is 5.15. The summed E-state index contributed by atoms with van der Waals surface area (Å²) in [6.07, 6.45) is 1.05. The third kappa shape index (κ3) is 5.40. The van der Waals surface area contributed by atoms with E-state index >= 15 is 0 Å². The van der Waals surface area contributed by atoms with Crippen LogP contribution in [0, 0.1) is 0 Å². The Kier molecular flexibility index (Phi) is 6.10. The van der Waals surface area contributed by atoms with Crippen molar-refractivity contribution < 1.29 is 13.2 Å². The summed E-state index contributed by atoms with van der Waals surface area (Å²) in [4.78, 5) is 12.1. The summed E-state index contributed by atoms with van der Waals surface area (Å²) >= 11 is 11.6. The van der Waals surface area contributed by atoms with E-state index in [0.717, 1.165) is 16.1 Å². The summed E-state index contributed by atoms with van der Waals surface area (Å²) in [5.41, 5.74) is 1.24. The number of sulfonamides is 1. The Labute approximate surface area is 151 Å². The van der Waals surface area contributed by atoms with Gasteiger partial charge in [-0.05, 0) is 42.0 Å². The van der Waals surface area contributed by atoms with Crippen molar-refractivity contribution in [2.24, 2.45) is 0 Å². The molecule has 0 aliphatic heterocycles. The molecule has 0 radical (unpaired) electrons. The number of nitrogens with one attached hydrogen (secondary N) is 1. The van der Waals surface area contributed by atoms with E-state index in [-0.39, 0.29) is 13.1 Å². The van der Waals surface area contributed by atoms with E-state index < -0.39 is 15.9 Å². The van der Waals surface area contributed by atoms with E-state index in [0.29, 0.717) is 15.7 Å². The number of carbonyl (C=O) groups excluding carboxylic acids is 1. The van der Waals surface area contributed by atoms with Crippen molar-refractivity contribution in [3.05, 3.63) is 64.1 Å². The number of nitrogens with zero attached hydrogens (tertiary/aromatic N) is 1. The van der Waals surface area contributed by atoms with Gasteiger partial charge < -0.3 is 5.32 Å². The van der Waals surface area contributed by atoms with Crippen LogP contribution in [0.25, 0.3) is 0 Å². The van der Waals surface area contributed by atoms with Crippen LogP contribution >= 0.6 is 23.2 Å². The zero-order chi connectivity index (χ0) is 17.7. The van der Waals surface area contributed by atoms with E-state index in [2.05, 4.69) is 5.32 Å². The van der Waals surface area contributed by atoms with Gasteiger partial charge in [-0.1, -0.05) is 35.3 Å². The van der Waals surface area contributed by atoms with Gasteiger partial charge in [0.2, 0.25) is 15.9 Å². The molecule has 0 unspecified atom stereocenters. The molecule has 1 amide bonds. The van der Waals surface area contributed by atoms with Gasteiger partial charge in [-0.15, -0.1) is 0 Å². The summed E-state index contributed by atoms with van der Waals surface area (Å²) in [5.74, 6) is -0.412. The molecule has 0 spiro atoms. The first-order chi connectivity index (χ1) is 11.3. The zero-order valence-corrected chi connectivity index (χ0v) is 15.2. The van der Waals surface area contributed by atoms with Gasteiger partial charge in [0.25, 0.3) is 0 Å². The third-order valence-corrected chi connectivity index (χ3v) is 4.85. The number of amides is 1. The number of hydrogen-bond donors (Lipinski definition) is 1. The van der Waals surface area contributed by atoms with E-state index in [4.69, 9.17) is 23.2 Å². The lowest BCUT2D eigenvalue weighted by atomic mass is 10.2. The van der Waals surface area contributed by atoms with E-state index in [1.54, 1.807) is 48.5 Å². The van der Waals surface area contributed by atoms with Gasteiger partial charge in [0.15, 0.2) is 0 Å². The first-order valence-corrected chi connectivity index (χ1v) is 9.60. The lowest BCUT2D eigenvalue weighted by Crippen LogP contribution is -2.40. The minimum absolute atomic E-state index is 0.286. The van der Waals surface area contributed by atoms with Gasteiger partial charge in [-0.2, -0.15) is 0 Å². The number of halogens is 2. The van der Waals surface area contributed by atoms with Crippen LogP contribution in [0.2, 0.25) is 10.0 Å². The molecule has 0 bridgehead atoms. The highest BCUT2D eigenvalue weighted by Crippen LogP contribution is 2.20. The Morgan fingerprint density at radius 3 is 2.00 bits per heavy atom. The fourth-order valence-electron chi connectivity index (χ4n) is 2.00. The molecule has 2 rings (SSSR count). The van der Waals surface area contributed by atoms with Gasteiger partial charge in [-0.3, -0.25) is 9.10 Å². The maximum atomic E-state index is 12.1. The van der Waals surface area contributed by atoms with Crippen molar-refractivity contribution in [2.45, 2.75) is 6.54 Å². The molecule has 1 N–H and O–H groups in total. The Bertz CT molecular complexity index is 806. The van der Waals surface area contributed by atoms with Gasteiger partial charge in [0, 0.05) is 16.6 Å². The number of anilines is 1. The highest BCUT2D eigenvalue weighted by atomic mass is 35.5. The van der Waals surface area contributed by atoms with E-state index in [1.807, 2.05) is 0 Å². The molecule has 2 aromatic rings. The van der Waals surface area contributed by atoms with Crippen molar-refractivity contribution in [1.82, 2.24) is 5.32 Å². The quantitative estimate of drug-likeness (QED) is 0.829. The number of benzene rings is 2. The maximum absolute atomic E-state index is 12.1. The molecule has 0 saturated heterocycles. The topological polar surface area (TPSA) is 66.5 Å². The van der Waals surface area contributed by atoms with Crippen LogP contribution in [0.5, 0.6) is 0 Å². The number of rotatable bonds is 6. The molecule has 0 saturated carbocycles. The van der Waals surface area contributed by atoms with Crippen LogP contribution in [0.3, 0.4) is 0 Å². The van der Waals surface area contributed by atoms with Crippen molar-refractivity contribution in [3.8, 4) is 0 Å². The fraction of sp³-hybridized carbons (Fsp3) is 0.188. The Morgan fingerprint density at radius 2 is 1.50 bits per heavy atom. The summed E-state index contributed by atoms with van der Waals surface area (Å²) in [6, 6.07) is 13.3. The predicted molar refractivity (Wildman–Crippen MR) is 96.9 cm³/mol. The average Bonchev–Trinajstić information content (AvgIpc) is 2.52. The van der Waals surface area contributed by atoms with Crippen molar-refractivity contribution in [3.63, 3.8) is 0 Å². The molecule has 5 nitrogen and oxygen atoms in total. The summed E-state index contributed by atoms with van der Waals surface area (Å²) in [5, 5.41) is 3.78. The number of carbonyl (C=O) groups is 1. The van der Waals surface area contributed by atoms with Crippen molar-refractivity contribution >= 4 is 44.8 Å². The summed E-state index contributed by atoms with van der Waals surface area (Å²) in [7, 11) is -3.60. The maximum Gasteiger partial charge on any atom is 0.241 e. The van der Waals surface area contributed by atoms with Crippen molar-refractivity contribution in [1.29, 1.82) is 0 Å². The largest absolute Gasteiger partial charge is 0.350 e. The average molecular weight is 387 g/mol. The van der Waals surface area contributed by atoms with Gasteiger partial charge in [-0.25, -0.2) is 8.42 Å². The van der Waals surface area contributed by atoms with Crippen LogP contribution in [-0.4, -0.2) is 27.1 Å². The van der Waals surface area contributed by atoms with Crippen LogP contribution < -0.4 is 9.62 Å². The van der Waals surface area contributed by atoms with Crippen molar-refractivity contribution in [2.75, 3.05) is 17.1 Å². The molecule has 0 heterocycles. The normalized spacial score (nSPS) is 11.1. The SMILES string of the molecule is CS(=O)(=O)N(CC(=O)NCc1ccc(Cl)cc1)c1ccc(Cl)cc1. The predicted octanol–water partition coefficient (Wildman–Crippen LogP) is 3.08. The lowest BCUT2D eigenvalue weighted by molar-refractivity contribution is -0.119. The van der Waals surface area contributed by atoms with Gasteiger partial charge in [0.05, 0.1) is 11.9 Å². The minimum atomic E-state index is -3.60. The number of hydrogen-bond acceptors (Lipinski definition) is 3. The summed E-state index contributed by atoms with van der Waals surface area (Å²) in [6.45, 7) is -0.0255. The Morgan fingerprint density at radius 1 is 1.00 bits per heavy atom. The molecule has 2 aromatic carbocycles. The molecule has 0 fully saturated rings. The van der Waals surface area contributed by atoms with Crippen LogP contribution in [0.1, 0.15) is 5.56 Å². The molecule has 0 aromatic heterocycles. The Balaban J connectivity index is 2.05. The zero-order valence-electron chi connectivity index (χ0n) is 12.9. The molecule has 24 heavy (non-hydrogen) atoms. The molecule has 0 aliphatic carbocycles. The monoisotopic (exact) mass is 386 g/mol. The molecule has 128 valence electrons. The van der Waals surface area contributed by atoms with Gasteiger partial charge >= 0.3 is 0 Å². The van der Waals surface area contributed by atoms with Crippen LogP contribution in [-0.2, 0) is 21.4 Å². The minimum Gasteiger partial charge on any atom is -0.350 e. The first-order valence-electron chi connectivity index (χ1n) is 7.00. The summed E-state index contributed by atoms with van der Waals surface area (Å²) < 4.78 is 25.0. The standard InChI is InChI=1S/C16H16Cl2N2O3S/c1-24(22,23)20(15-8-6-14(18)7-9-15)11-16(21)19-10-12-2-4-13(17)5-3-12/h2-9H,10-11H2,1H3,(H,19,21). The smallest absolute Gasteiger partial charge is 0.241 e. The molecule has 8 heteroatoms. The molecular weight excluding hydrogens is 371 g/mol. The lowest BCUT2D eigenvalue weighted by Gasteiger charge is -2.22. The molecule has 0 atom stereocenters. The highest BCUT2D eigenvalue weighted by molar-refractivity contribution is 7.92. The Hall–Kier alpha value is -1.76. The first kappa shape index (κ1) is 18.6. The second kappa shape index (κ2) is 7.88.